The second-order valence-corrected chi connectivity index (χ2v) is 5.72. The first-order valence-electron chi connectivity index (χ1n) is 6.88. The number of allylic oxidation sites excluding steroid dienone is 4. The van der Waals surface area contributed by atoms with Crippen LogP contribution in [0.15, 0.2) is 47.6 Å². The molecule has 1 aromatic carbocycles. The van der Waals surface area contributed by atoms with Crippen molar-refractivity contribution in [3.05, 3.63) is 58.7 Å². The van der Waals surface area contributed by atoms with Crippen molar-refractivity contribution in [3.63, 3.8) is 0 Å². The predicted octanol–water partition coefficient (Wildman–Crippen LogP) is 3.59. The molecule has 20 heavy (non-hydrogen) atoms. The second-order valence-electron chi connectivity index (χ2n) is 5.72. The van der Waals surface area contributed by atoms with Crippen molar-refractivity contribution in [1.29, 1.82) is 0 Å². The van der Waals surface area contributed by atoms with E-state index >= 15 is 0 Å². The van der Waals surface area contributed by atoms with Crippen LogP contribution in [0.1, 0.15) is 31.9 Å². The third-order valence-electron chi connectivity index (χ3n) is 4.10. The number of rotatable bonds is 3. The minimum atomic E-state index is -0.950. The highest BCUT2D eigenvalue weighted by Crippen LogP contribution is 2.36. The van der Waals surface area contributed by atoms with E-state index in [0.717, 1.165) is 11.1 Å². The van der Waals surface area contributed by atoms with E-state index in [4.69, 9.17) is 0 Å². The highest BCUT2D eigenvalue weighted by atomic mass is 16.2. The molecule has 0 aromatic heterocycles. The zero-order chi connectivity index (χ0) is 14.9. The normalized spacial score (nSPS) is 23.2. The van der Waals surface area contributed by atoms with Gasteiger partial charge in [0.25, 0.3) is 0 Å². The number of benzene rings is 1. The Morgan fingerprint density at radius 3 is 2.35 bits per heavy atom. The fraction of sp³-hybridized carbons (Fsp3) is 0.333. The number of Topliss-reactive ketones (excluding diaryl/α,β-unsaturated/α-hetero) is 1. The van der Waals surface area contributed by atoms with Gasteiger partial charge in [0, 0.05) is 5.57 Å². The van der Waals surface area contributed by atoms with Gasteiger partial charge in [0.2, 0.25) is 0 Å². The molecule has 2 heteroatoms. The van der Waals surface area contributed by atoms with Crippen LogP contribution >= 0.6 is 0 Å². The van der Waals surface area contributed by atoms with E-state index in [-0.39, 0.29) is 11.6 Å². The van der Waals surface area contributed by atoms with Crippen molar-refractivity contribution in [3.8, 4) is 0 Å². The maximum atomic E-state index is 12.6. The molecule has 0 N–H and O–H groups in total. The highest BCUT2D eigenvalue weighted by Gasteiger charge is 2.46. The summed E-state index contributed by atoms with van der Waals surface area (Å²) in [6, 6.07) is 7.99. The van der Waals surface area contributed by atoms with Crippen LogP contribution in [-0.2, 0) is 16.0 Å². The number of carbonyl (C=O) groups is 2. The Morgan fingerprint density at radius 2 is 1.80 bits per heavy atom. The molecule has 2 nitrogen and oxygen atoms in total. The van der Waals surface area contributed by atoms with Gasteiger partial charge in [0.05, 0.1) is 5.41 Å². The molecule has 1 aromatic rings. The third kappa shape index (κ3) is 2.38. The monoisotopic (exact) mass is 268 g/mol. The van der Waals surface area contributed by atoms with E-state index in [9.17, 15) is 9.59 Å². The lowest BCUT2D eigenvalue weighted by Crippen LogP contribution is -2.33. The van der Waals surface area contributed by atoms with Gasteiger partial charge >= 0.3 is 0 Å². The molecule has 1 aliphatic carbocycles. The topological polar surface area (TPSA) is 34.1 Å². The van der Waals surface area contributed by atoms with Gasteiger partial charge in [0.1, 0.15) is 0 Å². The van der Waals surface area contributed by atoms with Crippen molar-refractivity contribution in [2.45, 2.75) is 34.1 Å². The van der Waals surface area contributed by atoms with Crippen molar-refractivity contribution >= 4 is 11.6 Å². The molecule has 0 radical (unpaired) electrons. The van der Waals surface area contributed by atoms with Gasteiger partial charge in [-0.2, -0.15) is 0 Å². The average molecular weight is 268 g/mol. The van der Waals surface area contributed by atoms with Crippen molar-refractivity contribution < 1.29 is 9.59 Å². The molecular weight excluding hydrogens is 248 g/mol. The summed E-state index contributed by atoms with van der Waals surface area (Å²) < 4.78 is 0. The molecule has 104 valence electrons. The molecular formula is C18H20O2. The van der Waals surface area contributed by atoms with E-state index in [1.807, 2.05) is 51.1 Å². The molecule has 0 spiro atoms. The molecule has 0 saturated heterocycles. The van der Waals surface area contributed by atoms with Crippen LogP contribution in [0.4, 0.5) is 0 Å². The Bertz CT molecular complexity index is 617. The minimum absolute atomic E-state index is 0.0568. The van der Waals surface area contributed by atoms with E-state index in [0.29, 0.717) is 12.0 Å². The summed E-state index contributed by atoms with van der Waals surface area (Å²) in [6.45, 7) is 7.52. The van der Waals surface area contributed by atoms with Gasteiger partial charge in [-0.1, -0.05) is 35.9 Å². The largest absolute Gasteiger partial charge is 0.294 e. The van der Waals surface area contributed by atoms with Crippen LogP contribution in [0.25, 0.3) is 0 Å². The molecule has 0 amide bonds. The Morgan fingerprint density at radius 1 is 1.20 bits per heavy atom. The van der Waals surface area contributed by atoms with Crippen LogP contribution < -0.4 is 0 Å². The summed E-state index contributed by atoms with van der Waals surface area (Å²) in [5.41, 5.74) is 2.68. The highest BCUT2D eigenvalue weighted by molar-refractivity contribution is 6.26. The number of hydrogen-bond acceptors (Lipinski definition) is 2. The van der Waals surface area contributed by atoms with Gasteiger partial charge in [0.15, 0.2) is 11.6 Å². The maximum Gasteiger partial charge on any atom is 0.177 e. The third-order valence-corrected chi connectivity index (χ3v) is 4.10. The average Bonchev–Trinajstić information content (AvgIpc) is 2.65. The van der Waals surface area contributed by atoms with Crippen molar-refractivity contribution in [2.24, 2.45) is 5.41 Å². The lowest BCUT2D eigenvalue weighted by molar-refractivity contribution is -0.132. The zero-order valence-electron chi connectivity index (χ0n) is 12.5. The SMILES string of the molecule is C/C=C(\C)C1=CC(=O)[C@](C)(Cc2ccc(C)cc2)C1=O. The number of carbonyl (C=O) groups excluding carboxylic acids is 2. The lowest BCUT2D eigenvalue weighted by atomic mass is 9.78. The molecule has 0 heterocycles. The first kappa shape index (κ1) is 14.4. The Labute approximate surface area is 120 Å². The first-order valence-corrected chi connectivity index (χ1v) is 6.88. The van der Waals surface area contributed by atoms with Crippen molar-refractivity contribution in [2.75, 3.05) is 0 Å². The lowest BCUT2D eigenvalue weighted by Gasteiger charge is -2.21. The summed E-state index contributed by atoms with van der Waals surface area (Å²) in [5.74, 6) is -0.141. The van der Waals surface area contributed by atoms with Gasteiger partial charge in [-0.15, -0.1) is 0 Å². The molecule has 1 atom stereocenters. The van der Waals surface area contributed by atoms with Gasteiger partial charge in [-0.05, 0) is 51.3 Å². The molecule has 0 saturated carbocycles. The Balaban J connectivity index is 2.30. The van der Waals surface area contributed by atoms with Gasteiger partial charge in [-0.3, -0.25) is 9.59 Å². The quantitative estimate of drug-likeness (QED) is 0.785. The Hall–Kier alpha value is -1.96. The van der Waals surface area contributed by atoms with Crippen LogP contribution in [0.5, 0.6) is 0 Å². The second kappa shape index (κ2) is 5.20. The Kier molecular flexibility index (Phi) is 3.76. The standard InChI is InChI=1S/C18H20O2/c1-5-13(3)15-10-16(19)18(4,17(15)20)11-14-8-6-12(2)7-9-14/h5-10H,11H2,1-4H3/b13-5+/t18-/m0/s1. The summed E-state index contributed by atoms with van der Waals surface area (Å²) in [7, 11) is 0. The summed E-state index contributed by atoms with van der Waals surface area (Å²) in [6.07, 6.45) is 3.84. The van der Waals surface area contributed by atoms with Crippen LogP contribution in [0.2, 0.25) is 0 Å². The minimum Gasteiger partial charge on any atom is -0.294 e. The smallest absolute Gasteiger partial charge is 0.177 e. The predicted molar refractivity (Wildman–Crippen MR) is 80.5 cm³/mol. The van der Waals surface area contributed by atoms with E-state index < -0.39 is 5.41 Å². The molecule has 0 unspecified atom stereocenters. The van der Waals surface area contributed by atoms with E-state index in [1.54, 1.807) is 6.92 Å². The molecule has 0 bridgehead atoms. The van der Waals surface area contributed by atoms with Crippen LogP contribution in [0, 0.1) is 12.3 Å². The molecule has 1 aliphatic rings. The number of aryl methyl sites for hydroxylation is 1. The maximum absolute atomic E-state index is 12.6. The van der Waals surface area contributed by atoms with E-state index in [2.05, 4.69) is 0 Å². The summed E-state index contributed by atoms with van der Waals surface area (Å²) in [5, 5.41) is 0. The first-order chi connectivity index (χ1) is 9.38. The van der Waals surface area contributed by atoms with Crippen LogP contribution in [0.3, 0.4) is 0 Å². The molecule has 0 aliphatic heterocycles. The summed E-state index contributed by atoms with van der Waals surface area (Å²) >= 11 is 0. The van der Waals surface area contributed by atoms with Gasteiger partial charge in [-0.25, -0.2) is 0 Å². The number of hydrogen-bond donors (Lipinski definition) is 0. The fourth-order valence-corrected chi connectivity index (χ4v) is 2.50. The summed E-state index contributed by atoms with van der Waals surface area (Å²) in [4.78, 5) is 24.9. The van der Waals surface area contributed by atoms with Crippen LogP contribution in [-0.4, -0.2) is 11.6 Å². The van der Waals surface area contributed by atoms with Gasteiger partial charge < -0.3 is 0 Å². The fourth-order valence-electron chi connectivity index (χ4n) is 2.50. The number of ketones is 2. The molecule has 0 fully saturated rings. The zero-order valence-corrected chi connectivity index (χ0v) is 12.5. The van der Waals surface area contributed by atoms with Crippen molar-refractivity contribution in [1.82, 2.24) is 0 Å². The molecule has 2 rings (SSSR count). The van der Waals surface area contributed by atoms with E-state index in [1.165, 1.54) is 11.6 Å².